The average molecular weight is 443 g/mol. The third-order valence-electron chi connectivity index (χ3n) is 5.74. The summed E-state index contributed by atoms with van der Waals surface area (Å²) < 4.78 is 5.81. The maximum atomic E-state index is 9.36. The van der Waals surface area contributed by atoms with Gasteiger partial charge in [0.25, 0.3) is 0 Å². The lowest BCUT2D eigenvalue weighted by molar-refractivity contribution is -0.00546. The molecule has 1 aromatic heterocycles. The quantitative estimate of drug-likeness (QED) is 0.610. The van der Waals surface area contributed by atoms with Crippen molar-refractivity contribution in [2.24, 2.45) is 0 Å². The van der Waals surface area contributed by atoms with Crippen molar-refractivity contribution in [3.8, 4) is 6.07 Å². The highest BCUT2D eigenvalue weighted by atomic mass is 16.5. The van der Waals surface area contributed by atoms with E-state index in [1.165, 1.54) is 12.4 Å². The monoisotopic (exact) mass is 442 g/mol. The second kappa shape index (κ2) is 10.3. The van der Waals surface area contributed by atoms with Crippen LogP contribution in [0.2, 0.25) is 0 Å². The van der Waals surface area contributed by atoms with Gasteiger partial charge in [-0.15, -0.1) is 0 Å². The molecule has 1 fully saturated rings. The van der Waals surface area contributed by atoms with Gasteiger partial charge in [0.05, 0.1) is 41.0 Å². The Morgan fingerprint density at radius 2 is 1.94 bits per heavy atom. The molecule has 7 heteroatoms. The summed E-state index contributed by atoms with van der Waals surface area (Å²) in [7, 11) is 0. The Morgan fingerprint density at radius 3 is 2.58 bits per heavy atom. The number of aryl methyl sites for hydroxylation is 1. The summed E-state index contributed by atoms with van der Waals surface area (Å²) in [6.07, 6.45) is 4.92. The van der Waals surface area contributed by atoms with Crippen LogP contribution in [-0.2, 0) is 4.74 Å². The Bertz CT molecular complexity index is 1140. The standard InChI is InChI=1S/C26H30N6O/c1-6-23(28)22(9-17(3)20-8-7-16(2)21(10-20)12-27)26(29)24-11-25(31-15-30-24)32-13-18(4)33-19(5)14-32/h6-11,15,17-19,28-29H,1,13-14H2,2-5H3/b22-9+,28-23?,29-26?. The van der Waals surface area contributed by atoms with Crippen LogP contribution in [0.5, 0.6) is 0 Å². The number of nitrogens with one attached hydrogen (secondary N) is 2. The number of hydrogen-bond donors (Lipinski definition) is 2. The minimum atomic E-state index is -0.115. The fourth-order valence-corrected chi connectivity index (χ4v) is 3.97. The molecule has 7 nitrogen and oxygen atoms in total. The number of benzene rings is 1. The lowest BCUT2D eigenvalue weighted by atomic mass is 9.91. The van der Waals surface area contributed by atoms with Gasteiger partial charge >= 0.3 is 0 Å². The van der Waals surface area contributed by atoms with Gasteiger partial charge in [0.2, 0.25) is 0 Å². The van der Waals surface area contributed by atoms with Gasteiger partial charge in [-0.1, -0.05) is 31.7 Å². The van der Waals surface area contributed by atoms with Gasteiger partial charge in [0.15, 0.2) is 0 Å². The third kappa shape index (κ3) is 5.60. The first-order chi connectivity index (χ1) is 15.7. The molecule has 3 atom stereocenters. The Balaban J connectivity index is 1.94. The summed E-state index contributed by atoms with van der Waals surface area (Å²) in [6, 6.07) is 9.76. The maximum Gasteiger partial charge on any atom is 0.132 e. The molecule has 0 bridgehead atoms. The highest BCUT2D eigenvalue weighted by Gasteiger charge is 2.24. The highest BCUT2D eigenvalue weighted by molar-refractivity contribution is 6.30. The van der Waals surface area contributed by atoms with Crippen LogP contribution < -0.4 is 4.90 Å². The first kappa shape index (κ1) is 24.0. The summed E-state index contributed by atoms with van der Waals surface area (Å²) in [5, 5.41) is 26.6. The summed E-state index contributed by atoms with van der Waals surface area (Å²) in [4.78, 5) is 10.9. The van der Waals surface area contributed by atoms with Gasteiger partial charge < -0.3 is 15.0 Å². The molecule has 1 aliphatic rings. The lowest BCUT2D eigenvalue weighted by Crippen LogP contribution is -2.45. The molecule has 33 heavy (non-hydrogen) atoms. The fourth-order valence-electron chi connectivity index (χ4n) is 3.97. The van der Waals surface area contributed by atoms with Crippen molar-refractivity contribution in [2.75, 3.05) is 18.0 Å². The third-order valence-corrected chi connectivity index (χ3v) is 5.74. The van der Waals surface area contributed by atoms with Gasteiger partial charge in [-0.25, -0.2) is 9.97 Å². The number of morpholine rings is 1. The molecule has 170 valence electrons. The molecule has 1 aromatic carbocycles. The SMILES string of the molecule is C=CC(=N)/C(=C\C(C)c1ccc(C)c(C#N)c1)C(=N)c1cc(N2CC(C)OC(C)C2)ncn1. The number of ether oxygens (including phenoxy) is 1. The van der Waals surface area contributed by atoms with Crippen molar-refractivity contribution in [3.05, 3.63) is 77.3 Å². The Hall–Kier alpha value is -3.63. The molecule has 1 aliphatic heterocycles. The molecule has 3 rings (SSSR count). The number of anilines is 1. The van der Waals surface area contributed by atoms with E-state index >= 15 is 0 Å². The molecule has 0 radical (unpaired) electrons. The predicted molar refractivity (Wildman–Crippen MR) is 131 cm³/mol. The van der Waals surface area contributed by atoms with E-state index in [0.29, 0.717) is 29.9 Å². The fraction of sp³-hybridized carbons (Fsp3) is 0.346. The van der Waals surface area contributed by atoms with E-state index in [0.717, 1.165) is 16.9 Å². The number of rotatable bonds is 7. The van der Waals surface area contributed by atoms with Crippen LogP contribution in [0.1, 0.15) is 49.1 Å². The molecule has 2 aromatic rings. The lowest BCUT2D eigenvalue weighted by Gasteiger charge is -2.36. The Kier molecular flexibility index (Phi) is 7.52. The second-order valence-electron chi connectivity index (χ2n) is 8.47. The smallest absolute Gasteiger partial charge is 0.132 e. The van der Waals surface area contributed by atoms with E-state index in [-0.39, 0.29) is 29.5 Å². The summed E-state index contributed by atoms with van der Waals surface area (Å²) in [5.41, 5.74) is 3.65. The Labute approximate surface area is 195 Å². The zero-order valence-corrected chi connectivity index (χ0v) is 19.6. The molecular weight excluding hydrogens is 412 g/mol. The number of hydrogen-bond acceptors (Lipinski definition) is 7. The zero-order chi connectivity index (χ0) is 24.1. The van der Waals surface area contributed by atoms with E-state index in [1.807, 2.05) is 52.0 Å². The van der Waals surface area contributed by atoms with Crippen molar-refractivity contribution < 1.29 is 4.74 Å². The number of allylic oxidation sites excluding steroid dienone is 3. The van der Waals surface area contributed by atoms with E-state index in [1.54, 1.807) is 6.07 Å². The molecule has 0 saturated carbocycles. The molecule has 2 heterocycles. The van der Waals surface area contributed by atoms with Crippen LogP contribution >= 0.6 is 0 Å². The summed E-state index contributed by atoms with van der Waals surface area (Å²) in [5.74, 6) is 0.622. The molecule has 0 spiro atoms. The molecular formula is C26H30N6O. The Morgan fingerprint density at radius 1 is 1.24 bits per heavy atom. The van der Waals surface area contributed by atoms with Gasteiger partial charge in [-0.05, 0) is 44.0 Å². The minimum Gasteiger partial charge on any atom is -0.372 e. The largest absolute Gasteiger partial charge is 0.372 e. The summed E-state index contributed by atoms with van der Waals surface area (Å²) in [6.45, 7) is 13.1. The first-order valence-corrected chi connectivity index (χ1v) is 11.0. The van der Waals surface area contributed by atoms with Gasteiger partial charge in [0.1, 0.15) is 12.1 Å². The average Bonchev–Trinajstić information content (AvgIpc) is 2.81. The topological polar surface area (TPSA) is 110 Å². The van der Waals surface area contributed by atoms with Gasteiger partial charge in [0, 0.05) is 30.6 Å². The predicted octanol–water partition coefficient (Wildman–Crippen LogP) is 4.57. The van der Waals surface area contributed by atoms with Crippen LogP contribution in [0, 0.1) is 29.1 Å². The number of aromatic nitrogens is 2. The summed E-state index contributed by atoms with van der Waals surface area (Å²) >= 11 is 0. The van der Waals surface area contributed by atoms with E-state index in [4.69, 9.17) is 15.6 Å². The van der Waals surface area contributed by atoms with Crippen molar-refractivity contribution in [1.82, 2.24) is 9.97 Å². The maximum absolute atomic E-state index is 9.36. The van der Waals surface area contributed by atoms with Gasteiger partial charge in [-0.2, -0.15) is 5.26 Å². The zero-order valence-electron chi connectivity index (χ0n) is 19.6. The molecule has 2 N–H and O–H groups in total. The molecule has 3 unspecified atom stereocenters. The van der Waals surface area contributed by atoms with E-state index in [2.05, 4.69) is 27.5 Å². The van der Waals surface area contributed by atoms with Crippen molar-refractivity contribution in [3.63, 3.8) is 0 Å². The van der Waals surface area contributed by atoms with Crippen LogP contribution in [0.4, 0.5) is 5.82 Å². The van der Waals surface area contributed by atoms with Crippen molar-refractivity contribution in [1.29, 1.82) is 16.1 Å². The minimum absolute atomic E-state index is 0.0877. The highest BCUT2D eigenvalue weighted by Crippen LogP contribution is 2.24. The number of nitrogens with zero attached hydrogens (tertiary/aromatic N) is 4. The van der Waals surface area contributed by atoms with E-state index < -0.39 is 0 Å². The first-order valence-electron chi connectivity index (χ1n) is 11.0. The van der Waals surface area contributed by atoms with Crippen LogP contribution in [0.15, 0.2) is 54.9 Å². The number of nitriles is 1. The molecule has 1 saturated heterocycles. The molecule has 0 amide bonds. The van der Waals surface area contributed by atoms with Gasteiger partial charge in [-0.3, -0.25) is 5.41 Å². The van der Waals surface area contributed by atoms with Crippen LogP contribution in [0.25, 0.3) is 0 Å². The van der Waals surface area contributed by atoms with Crippen molar-refractivity contribution >= 4 is 17.2 Å². The van der Waals surface area contributed by atoms with Crippen LogP contribution in [0.3, 0.4) is 0 Å². The second-order valence-corrected chi connectivity index (χ2v) is 8.47. The van der Waals surface area contributed by atoms with Crippen LogP contribution in [-0.4, -0.2) is 46.7 Å². The normalized spacial score (nSPS) is 19.5. The van der Waals surface area contributed by atoms with E-state index in [9.17, 15) is 5.26 Å². The van der Waals surface area contributed by atoms with Crippen molar-refractivity contribution in [2.45, 2.75) is 45.8 Å². The molecule has 0 aliphatic carbocycles.